The molecule has 1 N–H and O–H groups in total. The normalized spacial score (nSPS) is 24.4. The van der Waals surface area contributed by atoms with Gasteiger partial charge in [0.25, 0.3) is 0 Å². The lowest BCUT2D eigenvalue weighted by Crippen LogP contribution is -2.50. The Kier molecular flexibility index (Phi) is 4.68. The third-order valence-corrected chi connectivity index (χ3v) is 6.23. The number of carbonyl (C=O) groups is 1. The van der Waals surface area contributed by atoms with Crippen LogP contribution in [0.3, 0.4) is 0 Å². The predicted octanol–water partition coefficient (Wildman–Crippen LogP) is 5.25. The Morgan fingerprint density at radius 3 is 2.71 bits per heavy atom. The number of hydrogen-bond acceptors (Lipinski definition) is 2. The largest absolute Gasteiger partial charge is 0.409 e. The van der Waals surface area contributed by atoms with E-state index >= 15 is 0 Å². The van der Waals surface area contributed by atoms with E-state index in [1.54, 1.807) is 0 Å². The third-order valence-electron chi connectivity index (χ3n) is 4.31. The van der Waals surface area contributed by atoms with Crippen LogP contribution in [0, 0.1) is 0 Å². The average molecular weight is 379 g/mol. The van der Waals surface area contributed by atoms with Crippen molar-refractivity contribution in [2.45, 2.75) is 43.2 Å². The van der Waals surface area contributed by atoms with Crippen molar-refractivity contribution in [2.75, 3.05) is 17.6 Å². The van der Waals surface area contributed by atoms with E-state index in [0.29, 0.717) is 12.2 Å². The fraction of sp³-hybridized carbons (Fsp3) is 0.562. The molecule has 2 aliphatic rings. The van der Waals surface area contributed by atoms with Crippen molar-refractivity contribution in [1.29, 1.82) is 0 Å². The van der Waals surface area contributed by atoms with Crippen LogP contribution in [0.2, 0.25) is 5.02 Å². The first-order valence-corrected chi connectivity index (χ1v) is 9.23. The number of fused-ring (bicyclic) bond motifs is 1. The van der Waals surface area contributed by atoms with Gasteiger partial charge in [-0.05, 0) is 43.2 Å². The maximum atomic E-state index is 14.3. The molecule has 8 heteroatoms. The first-order chi connectivity index (χ1) is 11.3. The Bertz CT molecular complexity index is 651. The number of carbonyl (C=O) groups excluding carboxylic acids is 1. The number of nitrogens with one attached hydrogen (secondary N) is 1. The number of rotatable bonds is 4. The van der Waals surface area contributed by atoms with Gasteiger partial charge in [-0.15, -0.1) is 11.8 Å². The molecule has 0 bridgehead atoms. The zero-order valence-corrected chi connectivity index (χ0v) is 14.7. The van der Waals surface area contributed by atoms with Gasteiger partial charge >= 0.3 is 12.2 Å². The molecule has 132 valence electrons. The molecule has 3 nitrogen and oxygen atoms in total. The SMILES string of the molecule is CCCS[C@]1(C(F)(F)F)CN(C2CC2)C(=O)Nc2ccc(Cl)cc21. The highest BCUT2D eigenvalue weighted by atomic mass is 35.5. The highest BCUT2D eigenvalue weighted by Crippen LogP contribution is 2.54. The highest BCUT2D eigenvalue weighted by Gasteiger charge is 2.60. The first-order valence-electron chi connectivity index (χ1n) is 7.87. The van der Waals surface area contributed by atoms with E-state index in [-0.39, 0.29) is 28.9 Å². The van der Waals surface area contributed by atoms with Crippen LogP contribution in [0.1, 0.15) is 31.7 Å². The topological polar surface area (TPSA) is 32.3 Å². The number of urea groups is 1. The second kappa shape index (κ2) is 6.33. The quantitative estimate of drug-likeness (QED) is 0.776. The molecule has 0 unspecified atom stereocenters. The van der Waals surface area contributed by atoms with Crippen molar-refractivity contribution in [3.05, 3.63) is 28.8 Å². The third kappa shape index (κ3) is 3.08. The van der Waals surface area contributed by atoms with Crippen LogP contribution in [-0.2, 0) is 4.75 Å². The van der Waals surface area contributed by atoms with Gasteiger partial charge in [-0.1, -0.05) is 18.5 Å². The molecule has 1 aromatic rings. The van der Waals surface area contributed by atoms with E-state index < -0.39 is 17.0 Å². The van der Waals surface area contributed by atoms with Gasteiger partial charge in [0.1, 0.15) is 0 Å². The molecule has 2 amide bonds. The summed E-state index contributed by atoms with van der Waals surface area (Å²) in [5.41, 5.74) is 0.228. The van der Waals surface area contributed by atoms with Crippen molar-refractivity contribution >= 4 is 35.1 Å². The fourth-order valence-electron chi connectivity index (χ4n) is 2.95. The summed E-state index contributed by atoms with van der Waals surface area (Å²) in [4.78, 5) is 13.8. The Hall–Kier alpha value is -1.08. The molecule has 0 spiro atoms. The molecule has 0 aromatic heterocycles. The molecule has 1 atom stereocenters. The average Bonchev–Trinajstić information content (AvgIpc) is 3.32. The van der Waals surface area contributed by atoms with Crippen molar-refractivity contribution in [3.8, 4) is 0 Å². The monoisotopic (exact) mass is 378 g/mol. The molecule has 3 rings (SSSR count). The van der Waals surface area contributed by atoms with Gasteiger partial charge in [0, 0.05) is 22.3 Å². The summed E-state index contributed by atoms with van der Waals surface area (Å²) in [5.74, 6) is 0.345. The van der Waals surface area contributed by atoms with Crippen molar-refractivity contribution in [3.63, 3.8) is 0 Å². The van der Waals surface area contributed by atoms with Crippen LogP contribution in [0.15, 0.2) is 18.2 Å². The summed E-state index contributed by atoms with van der Waals surface area (Å²) in [6, 6.07) is 3.71. The minimum atomic E-state index is -4.51. The molecule has 1 heterocycles. The Morgan fingerprint density at radius 1 is 1.42 bits per heavy atom. The van der Waals surface area contributed by atoms with Crippen LogP contribution in [0.4, 0.5) is 23.7 Å². The van der Waals surface area contributed by atoms with Crippen molar-refractivity contribution in [1.82, 2.24) is 4.90 Å². The van der Waals surface area contributed by atoms with E-state index in [1.165, 1.54) is 23.1 Å². The minimum absolute atomic E-state index is 0.0393. The second-order valence-electron chi connectivity index (χ2n) is 6.15. The van der Waals surface area contributed by atoms with E-state index in [0.717, 1.165) is 24.6 Å². The predicted molar refractivity (Wildman–Crippen MR) is 90.7 cm³/mol. The van der Waals surface area contributed by atoms with Crippen LogP contribution in [0.25, 0.3) is 0 Å². The van der Waals surface area contributed by atoms with Crippen molar-refractivity contribution < 1.29 is 18.0 Å². The zero-order chi connectivity index (χ0) is 17.5. The van der Waals surface area contributed by atoms with Crippen LogP contribution in [0.5, 0.6) is 0 Å². The molecule has 1 aliphatic heterocycles. The molecule has 1 saturated carbocycles. The number of thioether (sulfide) groups is 1. The number of amides is 2. The number of benzene rings is 1. The molecule has 0 radical (unpaired) electrons. The molecule has 24 heavy (non-hydrogen) atoms. The lowest BCUT2D eigenvalue weighted by atomic mass is 9.95. The molecule has 1 fully saturated rings. The molecule has 1 aliphatic carbocycles. The lowest BCUT2D eigenvalue weighted by Gasteiger charge is -2.38. The van der Waals surface area contributed by atoms with E-state index in [4.69, 9.17) is 11.6 Å². The maximum Gasteiger partial charge on any atom is 0.409 e. The summed E-state index contributed by atoms with van der Waals surface area (Å²) in [5, 5.41) is 2.87. The minimum Gasteiger partial charge on any atom is -0.319 e. The summed E-state index contributed by atoms with van der Waals surface area (Å²) in [6.07, 6.45) is -2.40. The summed E-state index contributed by atoms with van der Waals surface area (Å²) >= 11 is 6.84. The molecular formula is C16H18ClF3N2OS. The van der Waals surface area contributed by atoms with Gasteiger partial charge in [-0.2, -0.15) is 13.2 Å². The van der Waals surface area contributed by atoms with Gasteiger partial charge in [0.15, 0.2) is 4.75 Å². The highest BCUT2D eigenvalue weighted by molar-refractivity contribution is 8.00. The van der Waals surface area contributed by atoms with E-state index in [2.05, 4.69) is 5.32 Å². The maximum absolute atomic E-state index is 14.3. The Morgan fingerprint density at radius 2 is 2.12 bits per heavy atom. The first kappa shape index (κ1) is 17.7. The zero-order valence-electron chi connectivity index (χ0n) is 13.1. The van der Waals surface area contributed by atoms with Crippen LogP contribution < -0.4 is 5.32 Å². The van der Waals surface area contributed by atoms with Crippen molar-refractivity contribution in [2.24, 2.45) is 0 Å². The number of nitrogens with zero attached hydrogens (tertiary/aromatic N) is 1. The van der Waals surface area contributed by atoms with E-state index in [9.17, 15) is 18.0 Å². The van der Waals surface area contributed by atoms with Gasteiger partial charge in [0.2, 0.25) is 0 Å². The van der Waals surface area contributed by atoms with Gasteiger partial charge < -0.3 is 10.2 Å². The van der Waals surface area contributed by atoms with Crippen LogP contribution >= 0.6 is 23.4 Å². The number of halogens is 4. The smallest absolute Gasteiger partial charge is 0.319 e. The van der Waals surface area contributed by atoms with Gasteiger partial charge in [-0.25, -0.2) is 4.79 Å². The Labute approximate surface area is 147 Å². The standard InChI is InChI=1S/C16H18ClF3N2OS/c1-2-7-24-15(16(18,19)20)9-22(11-4-5-11)14(23)21-13-6-3-10(17)8-12(13)15/h3,6,8,11H,2,4-5,7,9H2,1H3,(H,21,23)/t15-/m1/s1. The van der Waals surface area contributed by atoms with E-state index in [1.807, 2.05) is 6.92 Å². The summed E-state index contributed by atoms with van der Waals surface area (Å²) < 4.78 is 40.6. The Balaban J connectivity index is 2.17. The molecular weight excluding hydrogens is 361 g/mol. The molecule has 0 saturated heterocycles. The van der Waals surface area contributed by atoms with Gasteiger partial charge in [0.05, 0.1) is 6.54 Å². The second-order valence-corrected chi connectivity index (χ2v) is 7.98. The summed E-state index contributed by atoms with van der Waals surface area (Å²) in [6.45, 7) is 1.46. The van der Waals surface area contributed by atoms with Crippen LogP contribution in [-0.4, -0.2) is 35.4 Å². The van der Waals surface area contributed by atoms with Gasteiger partial charge in [-0.3, -0.25) is 0 Å². The fourth-order valence-corrected chi connectivity index (χ4v) is 4.39. The molecule has 1 aromatic carbocycles. The number of hydrogen-bond donors (Lipinski definition) is 1. The number of alkyl halides is 3. The number of anilines is 1. The summed E-state index contributed by atoms with van der Waals surface area (Å²) in [7, 11) is 0. The lowest BCUT2D eigenvalue weighted by molar-refractivity contribution is -0.164.